The number of aromatic nitrogens is 1. The number of benzene rings is 1. The van der Waals surface area contributed by atoms with Crippen LogP contribution >= 0.6 is 0 Å². The molecule has 1 aliphatic heterocycles. The minimum absolute atomic E-state index is 0.0321. The Hall–Kier alpha value is -1.88. The summed E-state index contributed by atoms with van der Waals surface area (Å²) >= 11 is 0. The average Bonchev–Trinajstić information content (AvgIpc) is 2.82. The van der Waals surface area contributed by atoms with Gasteiger partial charge in [0, 0.05) is 17.5 Å². The normalized spacial score (nSPS) is 16.7. The van der Waals surface area contributed by atoms with Crippen LogP contribution in [0.25, 0.3) is 11.1 Å². The van der Waals surface area contributed by atoms with Crippen LogP contribution in [0.2, 0.25) is 0 Å². The average molecular weight is 288 g/mol. The molecule has 1 aliphatic rings. The van der Waals surface area contributed by atoms with E-state index in [1.54, 1.807) is 16.7 Å². The first kappa shape index (κ1) is 14.1. The first-order chi connectivity index (χ1) is 10.1. The van der Waals surface area contributed by atoms with Crippen molar-refractivity contribution in [1.82, 2.24) is 9.88 Å². The minimum Gasteiger partial charge on any atom is -0.408 e. The van der Waals surface area contributed by atoms with Gasteiger partial charge in [-0.2, -0.15) is 0 Å². The fourth-order valence-corrected chi connectivity index (χ4v) is 3.00. The number of hydrogen-bond donors (Lipinski definition) is 1. The Morgan fingerprint density at radius 1 is 1.33 bits per heavy atom. The monoisotopic (exact) mass is 288 g/mol. The molecule has 0 amide bonds. The summed E-state index contributed by atoms with van der Waals surface area (Å²) in [6.45, 7) is 5.64. The molecule has 1 saturated heterocycles. The number of nitrogens with one attached hydrogen (secondary N) is 1. The van der Waals surface area contributed by atoms with Gasteiger partial charge >= 0.3 is 5.76 Å². The van der Waals surface area contributed by atoms with E-state index in [0.717, 1.165) is 31.4 Å². The van der Waals surface area contributed by atoms with E-state index in [4.69, 9.17) is 4.42 Å². The van der Waals surface area contributed by atoms with E-state index in [2.05, 4.69) is 5.32 Å². The smallest absolute Gasteiger partial charge is 0.408 e. The van der Waals surface area contributed by atoms with Crippen molar-refractivity contribution >= 4 is 16.9 Å². The highest BCUT2D eigenvalue weighted by atomic mass is 16.4. The van der Waals surface area contributed by atoms with Crippen LogP contribution < -0.4 is 11.1 Å². The largest absolute Gasteiger partial charge is 0.420 e. The number of fused-ring (bicyclic) bond motifs is 1. The lowest BCUT2D eigenvalue weighted by Crippen LogP contribution is -2.31. The number of rotatable bonds is 3. The van der Waals surface area contributed by atoms with Crippen molar-refractivity contribution in [2.24, 2.45) is 5.92 Å². The number of hydrogen-bond acceptors (Lipinski definition) is 4. The molecule has 5 nitrogen and oxygen atoms in total. The van der Waals surface area contributed by atoms with Crippen LogP contribution in [-0.4, -0.2) is 23.4 Å². The van der Waals surface area contributed by atoms with Crippen LogP contribution in [0.5, 0.6) is 0 Å². The van der Waals surface area contributed by atoms with Crippen LogP contribution in [-0.2, 0) is 0 Å². The molecule has 0 radical (unpaired) electrons. The first-order valence-corrected chi connectivity index (χ1v) is 7.48. The van der Waals surface area contributed by atoms with E-state index in [-0.39, 0.29) is 23.5 Å². The zero-order chi connectivity index (χ0) is 15.0. The maximum atomic E-state index is 12.5. The lowest BCUT2D eigenvalue weighted by molar-refractivity contribution is 0.0895. The summed E-state index contributed by atoms with van der Waals surface area (Å²) < 4.78 is 6.89. The van der Waals surface area contributed by atoms with Gasteiger partial charge in [-0.3, -0.25) is 9.36 Å². The van der Waals surface area contributed by atoms with Crippen LogP contribution in [0.15, 0.2) is 27.4 Å². The minimum atomic E-state index is -0.369. The number of oxazole rings is 1. The Kier molecular flexibility index (Phi) is 3.68. The number of carbonyl (C=O) groups excluding carboxylic acids is 1. The molecule has 0 atom stereocenters. The quantitative estimate of drug-likeness (QED) is 0.881. The summed E-state index contributed by atoms with van der Waals surface area (Å²) in [6.07, 6.45) is 1.74. The fraction of sp³-hybridized carbons (Fsp3) is 0.500. The number of carbonyl (C=O) groups is 1. The highest BCUT2D eigenvalue weighted by Crippen LogP contribution is 2.23. The number of Topliss-reactive ketones (excluding diaryl/α,β-unsaturated/α-hetero) is 1. The van der Waals surface area contributed by atoms with E-state index >= 15 is 0 Å². The molecular weight excluding hydrogens is 268 g/mol. The van der Waals surface area contributed by atoms with Gasteiger partial charge in [0.25, 0.3) is 0 Å². The Balaban J connectivity index is 1.98. The van der Waals surface area contributed by atoms with Gasteiger partial charge in [0.05, 0.1) is 5.52 Å². The van der Waals surface area contributed by atoms with Gasteiger partial charge in [0.1, 0.15) is 0 Å². The molecule has 21 heavy (non-hydrogen) atoms. The molecule has 5 heteroatoms. The zero-order valence-electron chi connectivity index (χ0n) is 12.4. The highest BCUT2D eigenvalue weighted by molar-refractivity contribution is 6.00. The fourth-order valence-electron chi connectivity index (χ4n) is 3.00. The Bertz CT molecular complexity index is 721. The first-order valence-electron chi connectivity index (χ1n) is 7.48. The molecule has 0 spiro atoms. The van der Waals surface area contributed by atoms with E-state index in [1.807, 2.05) is 19.9 Å². The van der Waals surface area contributed by atoms with Gasteiger partial charge in [-0.25, -0.2) is 4.79 Å². The van der Waals surface area contributed by atoms with Gasteiger partial charge in [0.2, 0.25) is 0 Å². The number of ketones is 1. The molecule has 0 unspecified atom stereocenters. The maximum Gasteiger partial charge on any atom is 0.420 e. The molecule has 0 aliphatic carbocycles. The lowest BCUT2D eigenvalue weighted by Gasteiger charge is -2.21. The highest BCUT2D eigenvalue weighted by Gasteiger charge is 2.23. The third-order valence-corrected chi connectivity index (χ3v) is 4.12. The van der Waals surface area contributed by atoms with E-state index in [1.165, 1.54) is 0 Å². The van der Waals surface area contributed by atoms with Crippen LogP contribution in [0, 0.1) is 5.92 Å². The Morgan fingerprint density at radius 3 is 2.71 bits per heavy atom. The van der Waals surface area contributed by atoms with E-state index in [0.29, 0.717) is 11.1 Å². The van der Waals surface area contributed by atoms with Crippen LogP contribution in [0.1, 0.15) is 43.1 Å². The summed E-state index contributed by atoms with van der Waals surface area (Å²) in [4.78, 5) is 24.4. The van der Waals surface area contributed by atoms with Crippen molar-refractivity contribution < 1.29 is 9.21 Å². The van der Waals surface area contributed by atoms with Crippen molar-refractivity contribution in [3.63, 3.8) is 0 Å². The maximum absolute atomic E-state index is 12.5. The van der Waals surface area contributed by atoms with E-state index in [9.17, 15) is 9.59 Å². The van der Waals surface area contributed by atoms with Crippen molar-refractivity contribution in [1.29, 1.82) is 0 Å². The van der Waals surface area contributed by atoms with Crippen LogP contribution in [0.3, 0.4) is 0 Å². The zero-order valence-corrected chi connectivity index (χ0v) is 12.4. The SMILES string of the molecule is CC(C)n1c(=O)oc2cc(C(=O)C3CCNCC3)ccc21. The second kappa shape index (κ2) is 5.48. The van der Waals surface area contributed by atoms with Crippen LogP contribution in [0.4, 0.5) is 0 Å². The van der Waals surface area contributed by atoms with Gasteiger partial charge in [0.15, 0.2) is 11.4 Å². The summed E-state index contributed by atoms with van der Waals surface area (Å²) in [5, 5.41) is 3.26. The molecule has 1 aromatic heterocycles. The van der Waals surface area contributed by atoms with Gasteiger partial charge < -0.3 is 9.73 Å². The molecule has 2 aromatic rings. The topological polar surface area (TPSA) is 64.2 Å². The number of piperidine rings is 1. The molecule has 0 saturated carbocycles. The van der Waals surface area contributed by atoms with Gasteiger partial charge in [-0.05, 0) is 58.0 Å². The standard InChI is InChI=1S/C16H20N2O3/c1-10(2)18-13-4-3-12(9-14(13)21-16(18)20)15(19)11-5-7-17-8-6-11/h3-4,9-11,17H,5-8H2,1-2H3. The van der Waals surface area contributed by atoms with Gasteiger partial charge in [-0.15, -0.1) is 0 Å². The number of nitrogens with zero attached hydrogens (tertiary/aromatic N) is 1. The summed E-state index contributed by atoms with van der Waals surface area (Å²) in [6, 6.07) is 5.36. The molecule has 1 fully saturated rings. The Morgan fingerprint density at radius 2 is 2.05 bits per heavy atom. The molecule has 2 heterocycles. The van der Waals surface area contributed by atoms with Crippen molar-refractivity contribution in [2.45, 2.75) is 32.7 Å². The summed E-state index contributed by atoms with van der Waals surface area (Å²) in [7, 11) is 0. The predicted molar refractivity (Wildman–Crippen MR) is 80.8 cm³/mol. The summed E-state index contributed by atoms with van der Waals surface area (Å²) in [5.74, 6) is -0.146. The Labute approximate surface area is 122 Å². The third-order valence-electron chi connectivity index (χ3n) is 4.12. The van der Waals surface area contributed by atoms with Crippen molar-refractivity contribution in [3.05, 3.63) is 34.3 Å². The summed E-state index contributed by atoms with van der Waals surface area (Å²) in [5.41, 5.74) is 1.88. The second-order valence-electron chi connectivity index (χ2n) is 5.90. The molecule has 3 rings (SSSR count). The van der Waals surface area contributed by atoms with E-state index < -0.39 is 0 Å². The third kappa shape index (κ3) is 2.53. The van der Waals surface area contributed by atoms with Crippen molar-refractivity contribution in [3.8, 4) is 0 Å². The lowest BCUT2D eigenvalue weighted by atomic mass is 9.89. The second-order valence-corrected chi connectivity index (χ2v) is 5.90. The molecular formula is C16H20N2O3. The molecule has 112 valence electrons. The molecule has 1 aromatic carbocycles. The molecule has 0 bridgehead atoms. The predicted octanol–water partition coefficient (Wildman–Crippen LogP) is 2.36. The van der Waals surface area contributed by atoms with Crippen molar-refractivity contribution in [2.75, 3.05) is 13.1 Å². The molecule has 1 N–H and O–H groups in total. The van der Waals surface area contributed by atoms with Gasteiger partial charge in [-0.1, -0.05) is 0 Å².